The van der Waals surface area contributed by atoms with E-state index in [4.69, 9.17) is 9.36 Å². The standard InChI is InChI=1S/C11H16N2O3/c1-8-10(9(2)16-12-8)4-5-11(14)13-6-3-7-15-13/h3-7H2,1-2H3. The third-order valence-electron chi connectivity index (χ3n) is 2.80. The van der Waals surface area contributed by atoms with Crippen molar-refractivity contribution in [3.63, 3.8) is 0 Å². The van der Waals surface area contributed by atoms with Gasteiger partial charge in [-0.15, -0.1) is 0 Å². The van der Waals surface area contributed by atoms with Gasteiger partial charge in [0, 0.05) is 12.0 Å². The number of nitrogens with zero attached hydrogens (tertiary/aromatic N) is 2. The number of carbonyl (C=O) groups is 1. The van der Waals surface area contributed by atoms with E-state index < -0.39 is 0 Å². The molecule has 5 heteroatoms. The number of carbonyl (C=O) groups excluding carboxylic acids is 1. The van der Waals surface area contributed by atoms with Crippen LogP contribution in [0.4, 0.5) is 0 Å². The summed E-state index contributed by atoms with van der Waals surface area (Å²) in [7, 11) is 0. The molecule has 0 radical (unpaired) electrons. The van der Waals surface area contributed by atoms with Gasteiger partial charge >= 0.3 is 0 Å². The van der Waals surface area contributed by atoms with Crippen LogP contribution in [0.1, 0.15) is 29.9 Å². The summed E-state index contributed by atoms with van der Waals surface area (Å²) >= 11 is 0. The average Bonchev–Trinajstić information content (AvgIpc) is 2.87. The minimum absolute atomic E-state index is 0.0394. The lowest BCUT2D eigenvalue weighted by atomic mass is 10.1. The first kappa shape index (κ1) is 11.1. The quantitative estimate of drug-likeness (QED) is 0.778. The molecule has 0 saturated carbocycles. The van der Waals surface area contributed by atoms with E-state index >= 15 is 0 Å². The molecule has 1 aromatic rings. The van der Waals surface area contributed by atoms with E-state index in [0.717, 1.165) is 23.4 Å². The fraction of sp³-hybridized carbons (Fsp3) is 0.636. The molecule has 0 unspecified atom stereocenters. The van der Waals surface area contributed by atoms with Crippen LogP contribution in [0.2, 0.25) is 0 Å². The number of aryl methyl sites for hydroxylation is 2. The summed E-state index contributed by atoms with van der Waals surface area (Å²) < 4.78 is 5.05. The molecule has 0 bridgehead atoms. The van der Waals surface area contributed by atoms with Gasteiger partial charge in [0.15, 0.2) is 0 Å². The smallest absolute Gasteiger partial charge is 0.246 e. The Morgan fingerprint density at radius 1 is 1.50 bits per heavy atom. The highest BCUT2D eigenvalue weighted by atomic mass is 16.7. The zero-order valence-electron chi connectivity index (χ0n) is 9.65. The van der Waals surface area contributed by atoms with Gasteiger partial charge in [-0.1, -0.05) is 5.16 Å². The first-order chi connectivity index (χ1) is 7.68. The first-order valence-electron chi connectivity index (χ1n) is 5.53. The normalized spacial score (nSPS) is 15.8. The highest BCUT2D eigenvalue weighted by molar-refractivity contribution is 5.75. The Hall–Kier alpha value is -1.36. The van der Waals surface area contributed by atoms with Crippen LogP contribution < -0.4 is 0 Å². The van der Waals surface area contributed by atoms with Crippen molar-refractivity contribution in [2.24, 2.45) is 0 Å². The van der Waals surface area contributed by atoms with Crippen molar-refractivity contribution < 1.29 is 14.2 Å². The second kappa shape index (κ2) is 4.65. The SMILES string of the molecule is Cc1noc(C)c1CCC(=O)N1CCCO1. The number of rotatable bonds is 3. The molecule has 1 saturated heterocycles. The molecule has 0 aromatic carbocycles. The Bertz CT molecular complexity index is 361. The molecule has 2 rings (SSSR count). The first-order valence-corrected chi connectivity index (χ1v) is 5.53. The second-order valence-corrected chi connectivity index (χ2v) is 3.99. The maximum Gasteiger partial charge on any atom is 0.246 e. The second-order valence-electron chi connectivity index (χ2n) is 3.99. The summed E-state index contributed by atoms with van der Waals surface area (Å²) in [6.07, 6.45) is 2.04. The molecular formula is C11H16N2O3. The van der Waals surface area contributed by atoms with Crippen molar-refractivity contribution in [3.05, 3.63) is 17.0 Å². The Labute approximate surface area is 94.3 Å². The number of amides is 1. The van der Waals surface area contributed by atoms with Crippen LogP contribution in [-0.4, -0.2) is 29.3 Å². The molecule has 1 aliphatic heterocycles. The van der Waals surface area contributed by atoms with Gasteiger partial charge in [-0.3, -0.25) is 9.63 Å². The van der Waals surface area contributed by atoms with Crippen molar-refractivity contribution in [2.45, 2.75) is 33.1 Å². The lowest BCUT2D eigenvalue weighted by Gasteiger charge is -2.13. The van der Waals surface area contributed by atoms with Crippen LogP contribution in [0.3, 0.4) is 0 Å². The van der Waals surface area contributed by atoms with Gasteiger partial charge in [-0.2, -0.15) is 0 Å². The lowest BCUT2D eigenvalue weighted by molar-refractivity contribution is -0.168. The number of hydrogen-bond acceptors (Lipinski definition) is 4. The van der Waals surface area contributed by atoms with E-state index in [0.29, 0.717) is 26.0 Å². The van der Waals surface area contributed by atoms with Gasteiger partial charge in [0.2, 0.25) is 5.91 Å². The minimum Gasteiger partial charge on any atom is -0.361 e. The van der Waals surface area contributed by atoms with Crippen molar-refractivity contribution in [1.29, 1.82) is 0 Å². The molecule has 0 aliphatic carbocycles. The highest BCUT2D eigenvalue weighted by Crippen LogP contribution is 2.15. The molecule has 1 amide bonds. The Morgan fingerprint density at radius 3 is 2.88 bits per heavy atom. The molecule has 88 valence electrons. The Morgan fingerprint density at radius 2 is 2.31 bits per heavy atom. The summed E-state index contributed by atoms with van der Waals surface area (Å²) in [5, 5.41) is 5.32. The van der Waals surface area contributed by atoms with E-state index in [-0.39, 0.29) is 5.91 Å². The van der Waals surface area contributed by atoms with Gasteiger partial charge in [0.05, 0.1) is 18.8 Å². The topological polar surface area (TPSA) is 55.6 Å². The fourth-order valence-corrected chi connectivity index (χ4v) is 1.86. The van der Waals surface area contributed by atoms with Crippen LogP contribution >= 0.6 is 0 Å². The van der Waals surface area contributed by atoms with Crippen LogP contribution in [0, 0.1) is 13.8 Å². The molecule has 0 spiro atoms. The van der Waals surface area contributed by atoms with Crippen LogP contribution in [-0.2, 0) is 16.1 Å². The Kier molecular flexibility index (Phi) is 3.24. The van der Waals surface area contributed by atoms with Gasteiger partial charge in [0.25, 0.3) is 0 Å². The van der Waals surface area contributed by atoms with Gasteiger partial charge < -0.3 is 4.52 Å². The third kappa shape index (κ3) is 2.24. The summed E-state index contributed by atoms with van der Waals surface area (Å²) in [6.45, 7) is 5.12. The molecule has 0 N–H and O–H groups in total. The summed E-state index contributed by atoms with van der Waals surface area (Å²) in [4.78, 5) is 16.9. The van der Waals surface area contributed by atoms with E-state index in [1.807, 2.05) is 13.8 Å². The molecule has 1 aromatic heterocycles. The third-order valence-corrected chi connectivity index (χ3v) is 2.80. The van der Waals surface area contributed by atoms with Crippen molar-refractivity contribution in [3.8, 4) is 0 Å². The number of aromatic nitrogens is 1. The fourth-order valence-electron chi connectivity index (χ4n) is 1.86. The maximum atomic E-state index is 11.7. The predicted octanol–water partition coefficient (Wildman–Crippen LogP) is 1.39. The molecule has 1 aliphatic rings. The van der Waals surface area contributed by atoms with Gasteiger partial charge in [-0.25, -0.2) is 5.06 Å². The molecule has 16 heavy (non-hydrogen) atoms. The van der Waals surface area contributed by atoms with E-state index in [2.05, 4.69) is 5.16 Å². The highest BCUT2D eigenvalue weighted by Gasteiger charge is 2.20. The summed E-state index contributed by atoms with van der Waals surface area (Å²) in [5.41, 5.74) is 1.90. The molecular weight excluding hydrogens is 208 g/mol. The van der Waals surface area contributed by atoms with Crippen molar-refractivity contribution >= 4 is 5.91 Å². The minimum atomic E-state index is 0.0394. The van der Waals surface area contributed by atoms with Gasteiger partial charge in [0.1, 0.15) is 5.76 Å². The van der Waals surface area contributed by atoms with Crippen LogP contribution in [0.25, 0.3) is 0 Å². The zero-order valence-corrected chi connectivity index (χ0v) is 9.65. The molecule has 5 nitrogen and oxygen atoms in total. The van der Waals surface area contributed by atoms with Crippen molar-refractivity contribution in [2.75, 3.05) is 13.2 Å². The van der Waals surface area contributed by atoms with E-state index in [9.17, 15) is 4.79 Å². The summed E-state index contributed by atoms with van der Waals surface area (Å²) in [5.74, 6) is 0.838. The maximum absolute atomic E-state index is 11.7. The van der Waals surface area contributed by atoms with E-state index in [1.54, 1.807) is 0 Å². The largest absolute Gasteiger partial charge is 0.361 e. The molecule has 0 atom stereocenters. The van der Waals surface area contributed by atoms with Crippen molar-refractivity contribution in [1.82, 2.24) is 10.2 Å². The van der Waals surface area contributed by atoms with E-state index in [1.165, 1.54) is 5.06 Å². The zero-order chi connectivity index (χ0) is 11.5. The average molecular weight is 224 g/mol. The lowest BCUT2D eigenvalue weighted by Crippen LogP contribution is -2.26. The van der Waals surface area contributed by atoms with Crippen LogP contribution in [0.15, 0.2) is 4.52 Å². The number of hydroxylamine groups is 2. The van der Waals surface area contributed by atoms with Gasteiger partial charge in [-0.05, 0) is 26.7 Å². The number of hydrogen-bond donors (Lipinski definition) is 0. The Balaban J connectivity index is 1.89. The summed E-state index contributed by atoms with van der Waals surface area (Å²) in [6, 6.07) is 0. The van der Waals surface area contributed by atoms with Crippen LogP contribution in [0.5, 0.6) is 0 Å². The molecule has 1 fully saturated rings. The predicted molar refractivity (Wildman–Crippen MR) is 56.6 cm³/mol. The molecule has 2 heterocycles. The monoisotopic (exact) mass is 224 g/mol.